The lowest BCUT2D eigenvalue weighted by atomic mass is 9.77. The molecule has 0 bridgehead atoms. The summed E-state index contributed by atoms with van der Waals surface area (Å²) >= 11 is 0. The molecule has 0 aromatic heterocycles. The molecule has 0 aliphatic heterocycles. The van der Waals surface area contributed by atoms with Crippen LogP contribution >= 0.6 is 12.4 Å². The second-order valence-electron chi connectivity index (χ2n) is 5.48. The van der Waals surface area contributed by atoms with E-state index in [0.717, 1.165) is 32.2 Å². The van der Waals surface area contributed by atoms with Gasteiger partial charge in [-0.3, -0.25) is 4.79 Å². The highest BCUT2D eigenvalue weighted by Crippen LogP contribution is 2.43. The highest BCUT2D eigenvalue weighted by Gasteiger charge is 2.40. The first-order chi connectivity index (χ1) is 7.60. The summed E-state index contributed by atoms with van der Waals surface area (Å²) in [4.78, 5) is 12.2. The number of hydrogen-bond acceptors (Lipinski definition) is 2. The minimum absolute atomic E-state index is 0. The Morgan fingerprint density at radius 3 is 2.41 bits per heavy atom. The molecule has 0 heterocycles. The maximum atomic E-state index is 12.2. The van der Waals surface area contributed by atoms with Crippen molar-refractivity contribution in [3.63, 3.8) is 0 Å². The van der Waals surface area contributed by atoms with E-state index in [1.807, 2.05) is 0 Å². The van der Waals surface area contributed by atoms with Gasteiger partial charge in [-0.05, 0) is 38.1 Å². The van der Waals surface area contributed by atoms with Crippen LogP contribution in [-0.4, -0.2) is 19.0 Å². The molecule has 0 aromatic carbocycles. The molecule has 0 saturated heterocycles. The van der Waals surface area contributed by atoms with Gasteiger partial charge in [0.2, 0.25) is 5.91 Å². The Labute approximate surface area is 111 Å². The average molecular weight is 263 g/mol. The van der Waals surface area contributed by atoms with Gasteiger partial charge in [0.15, 0.2) is 0 Å². The van der Waals surface area contributed by atoms with E-state index in [1.165, 1.54) is 12.8 Å². The highest BCUT2D eigenvalue weighted by molar-refractivity contribution is 5.85. The van der Waals surface area contributed by atoms with Crippen LogP contribution in [0.4, 0.5) is 0 Å². The SMILES string of the molecule is CC(C)CC1(C(=O)NCCCN)CCCC1.Cl. The molecule has 1 aliphatic rings. The van der Waals surface area contributed by atoms with Crippen LogP contribution in [0.2, 0.25) is 0 Å². The highest BCUT2D eigenvalue weighted by atomic mass is 35.5. The van der Waals surface area contributed by atoms with Gasteiger partial charge in [0.1, 0.15) is 0 Å². The molecule has 0 spiro atoms. The molecule has 3 nitrogen and oxygen atoms in total. The maximum Gasteiger partial charge on any atom is 0.226 e. The monoisotopic (exact) mass is 262 g/mol. The van der Waals surface area contributed by atoms with E-state index in [-0.39, 0.29) is 23.7 Å². The molecule has 1 saturated carbocycles. The second-order valence-corrected chi connectivity index (χ2v) is 5.48. The summed E-state index contributed by atoms with van der Waals surface area (Å²) in [6.07, 6.45) is 6.46. The van der Waals surface area contributed by atoms with Gasteiger partial charge < -0.3 is 11.1 Å². The van der Waals surface area contributed by atoms with Crippen molar-refractivity contribution in [3.8, 4) is 0 Å². The van der Waals surface area contributed by atoms with Crippen LogP contribution in [0, 0.1) is 11.3 Å². The molecular weight excluding hydrogens is 236 g/mol. The van der Waals surface area contributed by atoms with Crippen molar-refractivity contribution < 1.29 is 4.79 Å². The molecule has 1 amide bonds. The van der Waals surface area contributed by atoms with Gasteiger partial charge in [0.05, 0.1) is 0 Å². The molecular formula is C13H27ClN2O. The fourth-order valence-electron chi connectivity index (χ4n) is 2.85. The predicted molar refractivity (Wildman–Crippen MR) is 74.3 cm³/mol. The van der Waals surface area contributed by atoms with Gasteiger partial charge in [-0.1, -0.05) is 26.7 Å². The number of carbonyl (C=O) groups is 1. The average Bonchev–Trinajstić information content (AvgIpc) is 2.67. The van der Waals surface area contributed by atoms with Crippen LogP contribution in [0.25, 0.3) is 0 Å². The fourth-order valence-corrected chi connectivity index (χ4v) is 2.85. The van der Waals surface area contributed by atoms with Crippen molar-refractivity contribution in [2.24, 2.45) is 17.1 Å². The number of nitrogens with one attached hydrogen (secondary N) is 1. The summed E-state index contributed by atoms with van der Waals surface area (Å²) in [5.41, 5.74) is 5.36. The third kappa shape index (κ3) is 4.84. The van der Waals surface area contributed by atoms with E-state index < -0.39 is 0 Å². The van der Waals surface area contributed by atoms with Gasteiger partial charge in [0.25, 0.3) is 0 Å². The number of amides is 1. The number of rotatable bonds is 6. The van der Waals surface area contributed by atoms with E-state index in [0.29, 0.717) is 12.5 Å². The summed E-state index contributed by atoms with van der Waals surface area (Å²) in [6.45, 7) is 5.78. The number of hydrogen-bond donors (Lipinski definition) is 2. The quantitative estimate of drug-likeness (QED) is 0.723. The van der Waals surface area contributed by atoms with Crippen molar-refractivity contribution in [1.29, 1.82) is 0 Å². The first-order valence-corrected chi connectivity index (χ1v) is 6.59. The topological polar surface area (TPSA) is 55.1 Å². The van der Waals surface area contributed by atoms with Gasteiger partial charge in [-0.25, -0.2) is 0 Å². The van der Waals surface area contributed by atoms with Gasteiger partial charge in [-0.2, -0.15) is 0 Å². The maximum absolute atomic E-state index is 12.2. The largest absolute Gasteiger partial charge is 0.356 e. The molecule has 102 valence electrons. The molecule has 1 rings (SSSR count). The first kappa shape index (κ1) is 16.7. The van der Waals surface area contributed by atoms with Crippen molar-refractivity contribution in [3.05, 3.63) is 0 Å². The molecule has 4 heteroatoms. The Morgan fingerprint density at radius 2 is 1.94 bits per heavy atom. The minimum atomic E-state index is -0.0667. The van der Waals surface area contributed by atoms with Gasteiger partial charge in [-0.15, -0.1) is 12.4 Å². The minimum Gasteiger partial charge on any atom is -0.356 e. The zero-order valence-electron chi connectivity index (χ0n) is 11.1. The summed E-state index contributed by atoms with van der Waals surface area (Å²) < 4.78 is 0. The number of halogens is 1. The molecule has 0 unspecified atom stereocenters. The molecule has 0 atom stereocenters. The lowest BCUT2D eigenvalue weighted by Crippen LogP contribution is -2.40. The second kappa shape index (κ2) is 7.93. The smallest absolute Gasteiger partial charge is 0.226 e. The molecule has 1 aliphatic carbocycles. The standard InChI is InChI=1S/C13H26N2O.ClH/c1-11(2)10-13(6-3-4-7-13)12(16)15-9-5-8-14;/h11H,3-10,14H2,1-2H3,(H,15,16);1H. The molecule has 0 radical (unpaired) electrons. The Balaban J connectivity index is 0.00000256. The van der Waals surface area contributed by atoms with Crippen LogP contribution in [0.1, 0.15) is 52.4 Å². The van der Waals surface area contributed by atoms with Gasteiger partial charge >= 0.3 is 0 Å². The lowest BCUT2D eigenvalue weighted by Gasteiger charge is -2.29. The summed E-state index contributed by atoms with van der Waals surface area (Å²) in [5, 5.41) is 3.05. The van der Waals surface area contributed by atoms with Crippen molar-refractivity contribution >= 4 is 18.3 Å². The third-order valence-electron chi connectivity index (χ3n) is 3.51. The Hall–Kier alpha value is -0.280. The molecule has 17 heavy (non-hydrogen) atoms. The molecule has 0 aromatic rings. The van der Waals surface area contributed by atoms with Crippen LogP contribution in [0.3, 0.4) is 0 Å². The van der Waals surface area contributed by atoms with E-state index in [4.69, 9.17) is 5.73 Å². The van der Waals surface area contributed by atoms with Crippen molar-refractivity contribution in [1.82, 2.24) is 5.32 Å². The zero-order chi connectivity index (χ0) is 12.0. The Kier molecular flexibility index (Phi) is 7.80. The van der Waals surface area contributed by atoms with Crippen molar-refractivity contribution in [2.45, 2.75) is 52.4 Å². The van der Waals surface area contributed by atoms with Gasteiger partial charge in [0, 0.05) is 12.0 Å². The summed E-state index contributed by atoms with van der Waals surface area (Å²) in [7, 11) is 0. The van der Waals surface area contributed by atoms with Crippen LogP contribution in [-0.2, 0) is 4.79 Å². The van der Waals surface area contributed by atoms with Crippen molar-refractivity contribution in [2.75, 3.05) is 13.1 Å². The van der Waals surface area contributed by atoms with E-state index >= 15 is 0 Å². The van der Waals surface area contributed by atoms with E-state index in [2.05, 4.69) is 19.2 Å². The Bertz CT molecular complexity index is 225. The van der Waals surface area contributed by atoms with E-state index in [9.17, 15) is 4.79 Å². The number of nitrogens with two attached hydrogens (primary N) is 1. The normalized spacial score (nSPS) is 17.9. The first-order valence-electron chi connectivity index (χ1n) is 6.59. The van der Waals surface area contributed by atoms with Crippen LogP contribution < -0.4 is 11.1 Å². The molecule has 3 N–H and O–H groups in total. The zero-order valence-corrected chi connectivity index (χ0v) is 11.9. The fraction of sp³-hybridized carbons (Fsp3) is 0.923. The molecule has 1 fully saturated rings. The van der Waals surface area contributed by atoms with E-state index in [1.54, 1.807) is 0 Å². The van der Waals surface area contributed by atoms with Crippen LogP contribution in [0.15, 0.2) is 0 Å². The third-order valence-corrected chi connectivity index (χ3v) is 3.51. The Morgan fingerprint density at radius 1 is 1.35 bits per heavy atom. The number of carbonyl (C=O) groups excluding carboxylic acids is 1. The van der Waals surface area contributed by atoms with Crippen LogP contribution in [0.5, 0.6) is 0 Å². The lowest BCUT2D eigenvalue weighted by molar-refractivity contribution is -0.131. The summed E-state index contributed by atoms with van der Waals surface area (Å²) in [5.74, 6) is 0.866. The summed E-state index contributed by atoms with van der Waals surface area (Å²) in [6, 6.07) is 0. The predicted octanol–water partition coefficient (Wildman–Crippen LogP) is 2.48.